The van der Waals surface area contributed by atoms with E-state index in [0.717, 1.165) is 24.8 Å². The zero-order valence-electron chi connectivity index (χ0n) is 20.7. The van der Waals surface area contributed by atoms with E-state index in [9.17, 15) is 14.9 Å². The van der Waals surface area contributed by atoms with Crippen molar-refractivity contribution in [1.82, 2.24) is 10.3 Å². The number of hydrogen-bond donors (Lipinski definition) is 1. The molecule has 1 saturated carbocycles. The summed E-state index contributed by atoms with van der Waals surface area (Å²) in [5.41, 5.74) is 1.27. The van der Waals surface area contributed by atoms with E-state index in [0.29, 0.717) is 40.9 Å². The van der Waals surface area contributed by atoms with Crippen molar-refractivity contribution in [1.29, 1.82) is 5.26 Å². The van der Waals surface area contributed by atoms with Crippen molar-refractivity contribution in [2.75, 3.05) is 14.2 Å². The lowest BCUT2D eigenvalue weighted by molar-refractivity contribution is -0.130. The maximum Gasteiger partial charge on any atom is 0.339 e. The van der Waals surface area contributed by atoms with E-state index in [1.54, 1.807) is 38.5 Å². The molecule has 1 N–H and O–H groups in total. The number of para-hydroxylation sites is 1. The van der Waals surface area contributed by atoms with Gasteiger partial charge in [-0.2, -0.15) is 5.26 Å². The van der Waals surface area contributed by atoms with Gasteiger partial charge < -0.3 is 19.5 Å². The number of methoxy groups -OCH3 is 2. The Morgan fingerprint density at radius 1 is 1.03 bits per heavy atom. The van der Waals surface area contributed by atoms with Gasteiger partial charge in [0.25, 0.3) is 5.91 Å². The average molecular weight is 488 g/mol. The molecule has 2 aromatic carbocycles. The van der Waals surface area contributed by atoms with Crippen LogP contribution in [0.3, 0.4) is 0 Å². The molecule has 0 radical (unpaired) electrons. The van der Waals surface area contributed by atoms with Crippen LogP contribution in [0.4, 0.5) is 0 Å². The van der Waals surface area contributed by atoms with Crippen molar-refractivity contribution in [3.63, 3.8) is 0 Å². The number of nitrogens with zero attached hydrogens (tertiary/aromatic N) is 2. The van der Waals surface area contributed by atoms with E-state index in [1.165, 1.54) is 6.92 Å². The maximum absolute atomic E-state index is 13.3. The Bertz CT molecular complexity index is 1320. The second kappa shape index (κ2) is 10.6. The minimum absolute atomic E-state index is 0.290. The van der Waals surface area contributed by atoms with E-state index in [4.69, 9.17) is 19.2 Å². The molecule has 1 aromatic heterocycles. The van der Waals surface area contributed by atoms with Gasteiger partial charge in [-0.05, 0) is 50.1 Å². The SMILES string of the molecule is COc1ccc(-c2cc(C(=O)O[C@H](C)C(=O)NC3(C#N)CCCCC3)c3ccccc3n2)cc1OC. The van der Waals surface area contributed by atoms with Crippen molar-refractivity contribution in [2.45, 2.75) is 50.7 Å². The molecule has 3 aromatic rings. The number of aromatic nitrogens is 1. The molecule has 186 valence electrons. The number of hydrogen-bond acceptors (Lipinski definition) is 7. The first kappa shape index (κ1) is 25.0. The number of carbonyl (C=O) groups is 2. The quantitative estimate of drug-likeness (QED) is 0.476. The van der Waals surface area contributed by atoms with Gasteiger partial charge in [-0.25, -0.2) is 9.78 Å². The molecule has 0 spiro atoms. The molecule has 0 bridgehead atoms. The van der Waals surface area contributed by atoms with Crippen LogP contribution in [0, 0.1) is 11.3 Å². The molecule has 1 heterocycles. The lowest BCUT2D eigenvalue weighted by Gasteiger charge is -2.32. The van der Waals surface area contributed by atoms with Gasteiger partial charge in [-0.1, -0.05) is 37.5 Å². The zero-order chi connectivity index (χ0) is 25.7. The number of nitrogens with one attached hydrogen (secondary N) is 1. The van der Waals surface area contributed by atoms with Crippen LogP contribution in [0.25, 0.3) is 22.2 Å². The predicted octanol–water partition coefficient (Wildman–Crippen LogP) is 4.81. The molecule has 1 amide bonds. The fourth-order valence-electron chi connectivity index (χ4n) is 4.52. The van der Waals surface area contributed by atoms with E-state index in [1.807, 2.05) is 24.3 Å². The first-order chi connectivity index (χ1) is 17.4. The molecule has 8 nitrogen and oxygen atoms in total. The number of pyridine rings is 1. The summed E-state index contributed by atoms with van der Waals surface area (Å²) < 4.78 is 16.3. The number of ether oxygens (including phenoxy) is 3. The van der Waals surface area contributed by atoms with Gasteiger partial charge in [0.2, 0.25) is 0 Å². The van der Waals surface area contributed by atoms with E-state index < -0.39 is 23.5 Å². The van der Waals surface area contributed by atoms with Crippen LogP contribution in [-0.2, 0) is 9.53 Å². The fraction of sp³-hybridized carbons (Fsp3) is 0.357. The van der Waals surface area contributed by atoms with E-state index in [2.05, 4.69) is 11.4 Å². The van der Waals surface area contributed by atoms with Gasteiger partial charge in [0.05, 0.1) is 37.1 Å². The van der Waals surface area contributed by atoms with Crippen LogP contribution in [0.15, 0.2) is 48.5 Å². The van der Waals surface area contributed by atoms with Crippen LogP contribution in [0.5, 0.6) is 11.5 Å². The second-order valence-electron chi connectivity index (χ2n) is 8.93. The molecule has 0 aliphatic heterocycles. The Morgan fingerprint density at radius 2 is 1.75 bits per heavy atom. The summed E-state index contributed by atoms with van der Waals surface area (Å²) in [4.78, 5) is 30.8. The number of fused-ring (bicyclic) bond motifs is 1. The highest BCUT2D eigenvalue weighted by Gasteiger charge is 2.35. The van der Waals surface area contributed by atoms with E-state index >= 15 is 0 Å². The Morgan fingerprint density at radius 3 is 2.44 bits per heavy atom. The summed E-state index contributed by atoms with van der Waals surface area (Å²) in [7, 11) is 3.11. The van der Waals surface area contributed by atoms with Crippen LogP contribution in [0.2, 0.25) is 0 Å². The molecule has 0 unspecified atom stereocenters. The van der Waals surface area contributed by atoms with Gasteiger partial charge in [0.1, 0.15) is 5.54 Å². The summed E-state index contributed by atoms with van der Waals surface area (Å²) in [5.74, 6) is -0.0129. The van der Waals surface area contributed by atoms with Gasteiger partial charge in [-0.3, -0.25) is 4.79 Å². The first-order valence-corrected chi connectivity index (χ1v) is 12.0. The molecule has 1 atom stereocenters. The summed E-state index contributed by atoms with van der Waals surface area (Å²) in [6.07, 6.45) is 2.93. The predicted molar refractivity (Wildman–Crippen MR) is 135 cm³/mol. The topological polar surface area (TPSA) is 111 Å². The normalized spacial score (nSPS) is 15.4. The summed E-state index contributed by atoms with van der Waals surface area (Å²) in [5, 5.41) is 13.1. The fourth-order valence-corrected chi connectivity index (χ4v) is 4.52. The highest BCUT2D eigenvalue weighted by Crippen LogP contribution is 2.33. The molecule has 0 saturated heterocycles. The van der Waals surface area contributed by atoms with Crippen LogP contribution >= 0.6 is 0 Å². The second-order valence-corrected chi connectivity index (χ2v) is 8.93. The molecule has 36 heavy (non-hydrogen) atoms. The highest BCUT2D eigenvalue weighted by molar-refractivity contribution is 6.05. The largest absolute Gasteiger partial charge is 0.493 e. The third-order valence-corrected chi connectivity index (χ3v) is 6.55. The van der Waals surface area contributed by atoms with Crippen molar-refractivity contribution in [3.05, 3.63) is 54.1 Å². The monoisotopic (exact) mass is 487 g/mol. The third-order valence-electron chi connectivity index (χ3n) is 6.55. The van der Waals surface area contributed by atoms with Crippen molar-refractivity contribution >= 4 is 22.8 Å². The molecule has 1 aliphatic rings. The van der Waals surface area contributed by atoms with Crippen molar-refractivity contribution in [2.24, 2.45) is 0 Å². The number of esters is 1. The number of carbonyl (C=O) groups excluding carboxylic acids is 2. The molecular formula is C28H29N3O5. The average Bonchev–Trinajstić information content (AvgIpc) is 2.92. The van der Waals surface area contributed by atoms with Gasteiger partial charge in [-0.15, -0.1) is 0 Å². The van der Waals surface area contributed by atoms with Crippen LogP contribution in [-0.4, -0.2) is 42.7 Å². The number of rotatable bonds is 7. The molecule has 1 aliphatic carbocycles. The van der Waals surface area contributed by atoms with Gasteiger partial charge in [0, 0.05) is 10.9 Å². The summed E-state index contributed by atoms with van der Waals surface area (Å²) >= 11 is 0. The smallest absolute Gasteiger partial charge is 0.339 e. The lowest BCUT2D eigenvalue weighted by atomic mass is 9.83. The summed E-state index contributed by atoms with van der Waals surface area (Å²) in [6, 6.07) is 16.5. The highest BCUT2D eigenvalue weighted by atomic mass is 16.5. The lowest BCUT2D eigenvalue weighted by Crippen LogP contribution is -2.52. The van der Waals surface area contributed by atoms with Crippen LogP contribution < -0.4 is 14.8 Å². The Balaban J connectivity index is 1.62. The van der Waals surface area contributed by atoms with Crippen molar-refractivity contribution in [3.8, 4) is 28.8 Å². The number of nitriles is 1. The zero-order valence-corrected chi connectivity index (χ0v) is 20.7. The first-order valence-electron chi connectivity index (χ1n) is 12.0. The number of benzene rings is 2. The standard InChI is InChI=1S/C28H29N3O5/c1-18(26(32)31-28(17-29)13-7-4-8-14-28)36-27(33)21-16-23(30-22-10-6-5-9-20(21)22)19-11-12-24(34-2)25(15-19)35-3/h5-6,9-12,15-16,18H,4,7-8,13-14H2,1-3H3,(H,31,32)/t18-/m1/s1. The Hall–Kier alpha value is -4.12. The Labute approximate surface area is 210 Å². The molecular weight excluding hydrogens is 458 g/mol. The van der Waals surface area contributed by atoms with Gasteiger partial charge >= 0.3 is 5.97 Å². The summed E-state index contributed by atoms with van der Waals surface area (Å²) in [6.45, 7) is 1.51. The van der Waals surface area contributed by atoms with Gasteiger partial charge in [0.15, 0.2) is 17.6 Å². The minimum Gasteiger partial charge on any atom is -0.493 e. The van der Waals surface area contributed by atoms with Crippen LogP contribution in [0.1, 0.15) is 49.4 Å². The maximum atomic E-state index is 13.3. The molecule has 4 rings (SSSR count). The molecule has 1 fully saturated rings. The molecule has 8 heteroatoms. The number of amides is 1. The Kier molecular flexibility index (Phi) is 7.39. The minimum atomic E-state index is -1.07. The van der Waals surface area contributed by atoms with Crippen molar-refractivity contribution < 1.29 is 23.8 Å². The third kappa shape index (κ3) is 5.10. The van der Waals surface area contributed by atoms with E-state index in [-0.39, 0.29) is 5.56 Å².